The maximum atomic E-state index is 6.32. The van der Waals surface area contributed by atoms with Crippen LogP contribution in [0, 0.1) is 13.8 Å². The van der Waals surface area contributed by atoms with Crippen LogP contribution in [0.5, 0.6) is 0 Å². The number of fused-ring (bicyclic) bond motifs is 15. The minimum absolute atomic E-state index is 0.417. The second-order valence-electron chi connectivity index (χ2n) is 22.7. The second kappa shape index (κ2) is 23.7. The maximum Gasteiger partial charge on any atom is 0.0709 e. The van der Waals surface area contributed by atoms with Gasteiger partial charge in [-0.15, -0.1) is 18.5 Å². The fraction of sp³-hybridized carbons (Fsp3) is 0.0488. The lowest BCUT2D eigenvalue weighted by molar-refractivity contribution is 1.10. The summed E-state index contributed by atoms with van der Waals surface area (Å²) in [4.78, 5) is 0. The molecule has 90 heavy (non-hydrogen) atoms. The molecule has 2 radical (unpaired) electrons. The Balaban J connectivity index is 0.000000140. The van der Waals surface area contributed by atoms with Crippen LogP contribution in [0.4, 0.5) is 0 Å². The SMILES string of the molecule is Cc1cc(-n2c3ccccc3c3ccccc32)ccc1-c1ccc(-n2c3ccccc3c3ccccc32)cc1C.[2H]C([B])P.[3H]CP.c1ccc2c(c1)c1ccccc1n2-c1cc(-n2c3ccccc3c3ccccc32)cc(-n2c3ccccc3c3ccccc32)c1. The highest BCUT2D eigenvalue weighted by Gasteiger charge is 2.21. The molecule has 5 heterocycles. The van der Waals surface area contributed by atoms with Crippen LogP contribution < -0.4 is 0 Å². The van der Waals surface area contributed by atoms with Gasteiger partial charge in [0.05, 0.1) is 80.1 Å². The molecule has 0 saturated carbocycles. The number of hydrogen-bond donors (Lipinski definition) is 0. The highest BCUT2D eigenvalue weighted by molar-refractivity contribution is 7.19. The molecule has 0 saturated heterocycles. The van der Waals surface area contributed by atoms with Crippen LogP contribution in [0.25, 0.3) is 149 Å². The number of hydrogen-bond acceptors (Lipinski definition) is 0. The van der Waals surface area contributed by atoms with Crippen LogP contribution in [-0.2, 0) is 0 Å². The van der Waals surface area contributed by atoms with Crippen molar-refractivity contribution in [3.05, 3.63) is 308 Å². The summed E-state index contributed by atoms with van der Waals surface area (Å²) in [6.07, 6.45) is 0. The first-order valence-corrected chi connectivity index (χ1v) is 31.9. The van der Waals surface area contributed by atoms with Crippen LogP contribution >= 0.6 is 18.5 Å². The van der Waals surface area contributed by atoms with Crippen molar-refractivity contribution < 1.29 is 2.74 Å². The molecule has 0 N–H and O–H groups in total. The number of benzene rings is 13. The van der Waals surface area contributed by atoms with Crippen molar-refractivity contribution >= 4 is 135 Å². The maximum absolute atomic E-state index is 6.32. The Morgan fingerprint density at radius 2 is 0.444 bits per heavy atom. The molecule has 0 aliphatic heterocycles. The van der Waals surface area contributed by atoms with Gasteiger partial charge in [-0.3, -0.25) is 0 Å². The zero-order valence-corrected chi connectivity index (χ0v) is 52.4. The summed E-state index contributed by atoms with van der Waals surface area (Å²) in [6.45, 7) is 4.88. The second-order valence-corrected chi connectivity index (χ2v) is 23.1. The average molecular weight is 1200 g/mol. The summed E-state index contributed by atoms with van der Waals surface area (Å²) in [6, 6.07) is 108. The van der Waals surface area contributed by atoms with Gasteiger partial charge in [0.2, 0.25) is 0 Å². The quantitative estimate of drug-likeness (QED) is 0.117. The zero-order chi connectivity index (χ0) is 62.6. The molecule has 0 spiro atoms. The van der Waals surface area contributed by atoms with Crippen molar-refractivity contribution in [1.29, 1.82) is 0 Å². The lowest BCUT2D eigenvalue weighted by atomic mass is 9.95. The van der Waals surface area contributed by atoms with Gasteiger partial charge in [0.1, 0.15) is 0 Å². The summed E-state index contributed by atoms with van der Waals surface area (Å²) in [5, 5.41) is 12.7. The average Bonchev–Trinajstić information content (AvgIpc) is 1.59. The summed E-state index contributed by atoms with van der Waals surface area (Å²) in [7, 11) is 9.09. The predicted molar refractivity (Wildman–Crippen MR) is 395 cm³/mol. The van der Waals surface area contributed by atoms with E-state index in [-0.39, 0.29) is 0 Å². The molecule has 0 bridgehead atoms. The Bertz CT molecular complexity index is 5080. The van der Waals surface area contributed by atoms with E-state index in [1.807, 2.05) is 0 Å². The minimum atomic E-state index is -0.500. The van der Waals surface area contributed by atoms with Gasteiger partial charge in [-0.1, -0.05) is 207 Å². The van der Waals surface area contributed by atoms with Crippen molar-refractivity contribution in [2.75, 3.05) is 12.7 Å². The van der Waals surface area contributed by atoms with Gasteiger partial charge in [0.25, 0.3) is 0 Å². The number of rotatable bonds is 6. The number of aromatic nitrogens is 5. The lowest BCUT2D eigenvalue weighted by Crippen LogP contribution is -2.03. The summed E-state index contributed by atoms with van der Waals surface area (Å²) < 4.78 is 24.6. The van der Waals surface area contributed by atoms with Crippen LogP contribution in [-0.4, -0.2) is 43.4 Å². The third-order valence-electron chi connectivity index (χ3n) is 17.8. The van der Waals surface area contributed by atoms with Crippen molar-refractivity contribution in [1.82, 2.24) is 22.8 Å². The molecule has 5 aromatic heterocycles. The lowest BCUT2D eigenvalue weighted by Gasteiger charge is -2.17. The summed E-state index contributed by atoms with van der Waals surface area (Å²) in [5.74, 6) is 0. The molecule has 0 aliphatic carbocycles. The number of aryl methyl sites for hydroxylation is 2. The fourth-order valence-corrected chi connectivity index (χ4v) is 14.1. The molecular weight excluding hydrogens is 1130 g/mol. The zero-order valence-electron chi connectivity index (χ0n) is 52.0. The van der Waals surface area contributed by atoms with Gasteiger partial charge < -0.3 is 22.8 Å². The van der Waals surface area contributed by atoms with E-state index in [1.165, 1.54) is 143 Å². The van der Waals surface area contributed by atoms with E-state index < -0.39 is 6.04 Å². The van der Waals surface area contributed by atoms with Crippen molar-refractivity contribution in [2.45, 2.75) is 13.8 Å². The minimum Gasteiger partial charge on any atom is -0.309 e. The normalized spacial score (nSPS) is 12.1. The van der Waals surface area contributed by atoms with Crippen molar-refractivity contribution in [3.8, 4) is 39.6 Å². The van der Waals surface area contributed by atoms with Crippen LogP contribution in [0.15, 0.2) is 297 Å². The molecule has 18 rings (SSSR count). The van der Waals surface area contributed by atoms with E-state index in [9.17, 15) is 0 Å². The molecule has 0 fully saturated rings. The smallest absolute Gasteiger partial charge is 0.0709 e. The van der Waals surface area contributed by atoms with Gasteiger partial charge in [-0.05, 0) is 139 Å². The monoisotopic (exact) mass is 1190 g/mol. The Morgan fingerprint density at radius 1 is 0.289 bits per heavy atom. The van der Waals surface area contributed by atoms with E-state index in [0.29, 0.717) is 6.64 Å². The number of nitrogens with zero attached hydrogens (tertiary/aromatic N) is 5. The van der Waals surface area contributed by atoms with Gasteiger partial charge in [-0.25, -0.2) is 0 Å². The standard InChI is InChI=1S/C42H27N3.C38H28N2.CH4BP.CH5P/c1-7-19-37-31(13-1)32-14-2-8-20-38(32)43(37)28-25-29(44-39-21-9-3-15-33(39)34-16-4-10-22-40(34)44)27-30(26-28)45-41-23-11-5-17-35(41)36-18-6-12-24-42(36)45;1-25-23-27(39-35-15-7-3-11-31(35)32-12-4-8-16-36(32)39)19-21-29(25)30-22-20-28(24-26(30)2)40-37-17-9-5-13-33(37)34-14-6-10-18-38(34)40;2-1-3;1-2/h1-27H;3-24H,1-2H3;1,3H2;2H2,1H3/i;;1D;1T. The topological polar surface area (TPSA) is 24.6 Å². The largest absolute Gasteiger partial charge is 0.309 e. The van der Waals surface area contributed by atoms with E-state index in [0.717, 1.165) is 17.1 Å². The molecule has 18 aromatic rings. The molecule has 13 aromatic carbocycles. The Kier molecular flexibility index (Phi) is 14.2. The van der Waals surface area contributed by atoms with Gasteiger partial charge in [-0.2, -0.15) is 0 Å². The molecule has 3 unspecified atom stereocenters. The molecular formula is C82H64BN5P2. The summed E-state index contributed by atoms with van der Waals surface area (Å²) >= 11 is 0. The van der Waals surface area contributed by atoms with Crippen LogP contribution in [0.2, 0.25) is 0 Å². The molecule has 0 amide bonds. The molecule has 3 atom stereocenters. The van der Waals surface area contributed by atoms with Crippen molar-refractivity contribution in [2.24, 2.45) is 0 Å². The third-order valence-corrected chi connectivity index (χ3v) is 17.8. The summed E-state index contributed by atoms with van der Waals surface area (Å²) in [5.41, 5.74) is 23.0. The third kappa shape index (κ3) is 9.32. The molecule has 8 heteroatoms. The first-order valence-electron chi connectivity index (χ1n) is 31.7. The first-order chi connectivity index (χ1) is 45.2. The van der Waals surface area contributed by atoms with Crippen LogP contribution in [0.1, 0.15) is 13.9 Å². The predicted octanol–water partition coefficient (Wildman–Crippen LogP) is 21.6. The van der Waals surface area contributed by atoms with Gasteiger partial charge in [0.15, 0.2) is 0 Å². The Labute approximate surface area is 532 Å². The van der Waals surface area contributed by atoms with E-state index in [4.69, 9.17) is 10.6 Å². The van der Waals surface area contributed by atoms with Gasteiger partial charge in [0, 0.05) is 68.0 Å². The molecule has 430 valence electrons. The van der Waals surface area contributed by atoms with E-state index >= 15 is 0 Å². The first kappa shape index (κ1) is 54.0. The number of para-hydroxylation sites is 10. The Morgan fingerprint density at radius 3 is 0.611 bits per heavy atom. The molecule has 5 nitrogen and oxygen atoms in total. The highest BCUT2D eigenvalue weighted by Crippen LogP contribution is 2.41. The van der Waals surface area contributed by atoms with E-state index in [1.54, 1.807) is 0 Å². The van der Waals surface area contributed by atoms with Crippen molar-refractivity contribution in [3.63, 3.8) is 0 Å². The van der Waals surface area contributed by atoms with E-state index in [2.05, 4.69) is 352 Å². The Hall–Kier alpha value is -10.2. The van der Waals surface area contributed by atoms with Gasteiger partial charge >= 0.3 is 0 Å². The highest BCUT2D eigenvalue weighted by atomic mass is 31.0. The fourth-order valence-electron chi connectivity index (χ4n) is 14.1. The molecule has 0 aliphatic rings. The van der Waals surface area contributed by atoms with Crippen LogP contribution in [0.3, 0.4) is 0 Å².